The standard InChI is InChI=1S/C13H14ClNO4/c1-8(15-11(16)5-6-12(17)18)13(19)9-3-2-4-10(14)7-9/h2-8,13,19H,1H3,(H,15,16)(H,17,18)/b6-5-. The van der Waals surface area contributed by atoms with E-state index < -0.39 is 24.0 Å². The van der Waals surface area contributed by atoms with Gasteiger partial charge in [0.2, 0.25) is 5.91 Å². The van der Waals surface area contributed by atoms with Crippen LogP contribution < -0.4 is 5.32 Å². The third-order valence-electron chi connectivity index (χ3n) is 2.41. The van der Waals surface area contributed by atoms with Crippen LogP contribution in [0.4, 0.5) is 0 Å². The Morgan fingerprint density at radius 3 is 2.63 bits per heavy atom. The lowest BCUT2D eigenvalue weighted by Crippen LogP contribution is -2.36. The van der Waals surface area contributed by atoms with Gasteiger partial charge in [-0.05, 0) is 24.6 Å². The van der Waals surface area contributed by atoms with Gasteiger partial charge < -0.3 is 15.5 Å². The number of hydrogen-bond donors (Lipinski definition) is 3. The number of carbonyl (C=O) groups is 2. The van der Waals surface area contributed by atoms with Gasteiger partial charge in [0.25, 0.3) is 0 Å². The zero-order valence-corrected chi connectivity index (χ0v) is 11.0. The Bertz CT molecular complexity index is 501. The van der Waals surface area contributed by atoms with Gasteiger partial charge in [0.15, 0.2) is 0 Å². The van der Waals surface area contributed by atoms with E-state index in [1.165, 1.54) is 0 Å². The Kier molecular flexibility index (Phi) is 5.54. The molecule has 0 saturated carbocycles. The maximum Gasteiger partial charge on any atom is 0.328 e. The van der Waals surface area contributed by atoms with Gasteiger partial charge in [-0.25, -0.2) is 4.79 Å². The Labute approximate surface area is 115 Å². The molecule has 0 aliphatic heterocycles. The number of aliphatic carboxylic acids is 1. The predicted octanol–water partition coefficient (Wildman–Crippen LogP) is 1.52. The number of carboxylic acids is 1. The van der Waals surface area contributed by atoms with E-state index in [0.717, 1.165) is 12.2 Å². The zero-order valence-electron chi connectivity index (χ0n) is 10.2. The topological polar surface area (TPSA) is 86.6 Å². The maximum absolute atomic E-state index is 11.4. The van der Waals surface area contributed by atoms with Crippen molar-refractivity contribution in [1.29, 1.82) is 0 Å². The van der Waals surface area contributed by atoms with E-state index >= 15 is 0 Å². The van der Waals surface area contributed by atoms with Crippen LogP contribution in [-0.2, 0) is 9.59 Å². The first-order valence-corrected chi connectivity index (χ1v) is 5.93. The Morgan fingerprint density at radius 1 is 1.37 bits per heavy atom. The average Bonchev–Trinajstić information content (AvgIpc) is 2.35. The van der Waals surface area contributed by atoms with E-state index in [2.05, 4.69) is 5.32 Å². The number of hydrogen-bond acceptors (Lipinski definition) is 3. The number of aliphatic hydroxyl groups excluding tert-OH is 1. The molecule has 102 valence electrons. The minimum atomic E-state index is -1.21. The minimum absolute atomic E-state index is 0.487. The summed E-state index contributed by atoms with van der Waals surface area (Å²) in [5.41, 5.74) is 0.572. The molecule has 0 bridgehead atoms. The molecule has 2 unspecified atom stereocenters. The van der Waals surface area contributed by atoms with Crippen molar-refractivity contribution in [3.8, 4) is 0 Å². The summed E-state index contributed by atoms with van der Waals surface area (Å²) >= 11 is 5.81. The summed E-state index contributed by atoms with van der Waals surface area (Å²) in [5, 5.41) is 21.4. The lowest BCUT2D eigenvalue weighted by atomic mass is 10.0. The summed E-state index contributed by atoms with van der Waals surface area (Å²) in [7, 11) is 0. The first-order valence-electron chi connectivity index (χ1n) is 5.55. The van der Waals surface area contributed by atoms with Crippen LogP contribution >= 0.6 is 11.6 Å². The number of amides is 1. The van der Waals surface area contributed by atoms with Gasteiger partial charge in [0.05, 0.1) is 12.1 Å². The second-order valence-electron chi connectivity index (χ2n) is 3.97. The Morgan fingerprint density at radius 2 is 2.05 bits per heavy atom. The van der Waals surface area contributed by atoms with Crippen LogP contribution in [0.15, 0.2) is 36.4 Å². The number of rotatable bonds is 5. The van der Waals surface area contributed by atoms with Gasteiger partial charge >= 0.3 is 5.97 Å². The van der Waals surface area contributed by atoms with Crippen molar-refractivity contribution in [2.24, 2.45) is 0 Å². The van der Waals surface area contributed by atoms with Crippen molar-refractivity contribution in [3.05, 3.63) is 47.0 Å². The number of halogens is 1. The summed E-state index contributed by atoms with van der Waals surface area (Å²) in [6, 6.07) is 6.08. The SMILES string of the molecule is CC(NC(=O)/C=C\C(=O)O)C(O)c1cccc(Cl)c1. The van der Waals surface area contributed by atoms with Crippen LogP contribution in [0.1, 0.15) is 18.6 Å². The molecule has 0 radical (unpaired) electrons. The molecule has 1 aromatic rings. The highest BCUT2D eigenvalue weighted by Gasteiger charge is 2.17. The van der Waals surface area contributed by atoms with Gasteiger partial charge in [-0.2, -0.15) is 0 Å². The van der Waals surface area contributed by atoms with Gasteiger partial charge in [0.1, 0.15) is 0 Å². The summed E-state index contributed by atoms with van der Waals surface area (Å²) in [4.78, 5) is 21.6. The molecule has 0 saturated heterocycles. The second kappa shape index (κ2) is 6.92. The van der Waals surface area contributed by atoms with Gasteiger partial charge in [-0.1, -0.05) is 23.7 Å². The molecule has 0 aliphatic rings. The molecule has 0 fully saturated rings. The fourth-order valence-electron chi connectivity index (χ4n) is 1.48. The number of nitrogens with one attached hydrogen (secondary N) is 1. The highest BCUT2D eigenvalue weighted by atomic mass is 35.5. The molecular formula is C13H14ClNO4. The molecule has 0 aliphatic carbocycles. The zero-order chi connectivity index (χ0) is 14.4. The molecule has 0 spiro atoms. The van der Waals surface area contributed by atoms with Crippen LogP contribution in [-0.4, -0.2) is 28.1 Å². The van der Waals surface area contributed by atoms with Crippen LogP contribution in [0.3, 0.4) is 0 Å². The molecule has 19 heavy (non-hydrogen) atoms. The average molecular weight is 284 g/mol. The van der Waals surface area contributed by atoms with E-state index in [0.29, 0.717) is 10.6 Å². The van der Waals surface area contributed by atoms with Crippen LogP contribution in [0.2, 0.25) is 5.02 Å². The van der Waals surface area contributed by atoms with E-state index in [-0.39, 0.29) is 0 Å². The number of carbonyl (C=O) groups excluding carboxylic acids is 1. The van der Waals surface area contributed by atoms with Crippen LogP contribution in [0.25, 0.3) is 0 Å². The smallest absolute Gasteiger partial charge is 0.328 e. The fraction of sp³-hybridized carbons (Fsp3) is 0.231. The Balaban J connectivity index is 2.65. The van der Waals surface area contributed by atoms with Crippen molar-refractivity contribution in [1.82, 2.24) is 5.32 Å². The number of benzene rings is 1. The van der Waals surface area contributed by atoms with Gasteiger partial charge in [-0.3, -0.25) is 4.79 Å². The fourth-order valence-corrected chi connectivity index (χ4v) is 1.68. The minimum Gasteiger partial charge on any atom is -0.478 e. The highest BCUT2D eigenvalue weighted by molar-refractivity contribution is 6.30. The molecule has 3 N–H and O–H groups in total. The lowest BCUT2D eigenvalue weighted by molar-refractivity contribution is -0.131. The van der Waals surface area contributed by atoms with E-state index in [1.54, 1.807) is 31.2 Å². The van der Waals surface area contributed by atoms with Crippen molar-refractivity contribution >= 4 is 23.5 Å². The highest BCUT2D eigenvalue weighted by Crippen LogP contribution is 2.20. The van der Waals surface area contributed by atoms with Crippen LogP contribution in [0, 0.1) is 0 Å². The number of carboxylic acid groups (broad SMARTS) is 1. The molecule has 0 heterocycles. The summed E-state index contributed by atoms with van der Waals surface area (Å²) in [6.07, 6.45) is 0.693. The molecule has 1 aromatic carbocycles. The van der Waals surface area contributed by atoms with E-state index in [4.69, 9.17) is 16.7 Å². The van der Waals surface area contributed by atoms with Crippen molar-refractivity contribution in [3.63, 3.8) is 0 Å². The largest absolute Gasteiger partial charge is 0.478 e. The molecule has 0 aromatic heterocycles. The molecule has 6 heteroatoms. The molecule has 1 rings (SSSR count). The third-order valence-corrected chi connectivity index (χ3v) is 2.65. The lowest BCUT2D eigenvalue weighted by Gasteiger charge is -2.20. The van der Waals surface area contributed by atoms with Crippen LogP contribution in [0.5, 0.6) is 0 Å². The third kappa shape index (κ3) is 5.11. The molecule has 2 atom stereocenters. The van der Waals surface area contributed by atoms with Crippen molar-refractivity contribution in [2.75, 3.05) is 0 Å². The van der Waals surface area contributed by atoms with E-state index in [1.807, 2.05) is 0 Å². The first-order chi connectivity index (χ1) is 8.90. The van der Waals surface area contributed by atoms with E-state index in [9.17, 15) is 14.7 Å². The first kappa shape index (κ1) is 15.2. The second-order valence-corrected chi connectivity index (χ2v) is 4.41. The van der Waals surface area contributed by atoms with Crippen molar-refractivity contribution < 1.29 is 19.8 Å². The quantitative estimate of drug-likeness (QED) is 0.715. The Hall–Kier alpha value is -1.85. The molecule has 1 amide bonds. The summed E-state index contributed by atoms with van der Waals surface area (Å²) in [6.45, 7) is 1.61. The van der Waals surface area contributed by atoms with Gasteiger partial charge in [-0.15, -0.1) is 0 Å². The monoisotopic (exact) mass is 283 g/mol. The maximum atomic E-state index is 11.4. The molecule has 5 nitrogen and oxygen atoms in total. The van der Waals surface area contributed by atoms with Gasteiger partial charge in [0, 0.05) is 17.2 Å². The van der Waals surface area contributed by atoms with Crippen molar-refractivity contribution in [2.45, 2.75) is 19.1 Å². The summed E-state index contributed by atoms with van der Waals surface area (Å²) < 4.78 is 0. The predicted molar refractivity (Wildman–Crippen MR) is 70.8 cm³/mol. The number of aliphatic hydroxyl groups is 1. The normalized spacial score (nSPS) is 14.1. The summed E-state index contributed by atoms with van der Waals surface area (Å²) in [5.74, 6) is -1.80. The molecular weight excluding hydrogens is 270 g/mol.